The van der Waals surface area contributed by atoms with E-state index in [1.807, 2.05) is 29.6 Å². The molecule has 3 N–H and O–H groups in total. The van der Waals surface area contributed by atoms with Crippen molar-refractivity contribution in [1.29, 1.82) is 0 Å². The fraction of sp³-hybridized carbons (Fsp3) is 0.182. The summed E-state index contributed by atoms with van der Waals surface area (Å²) in [5, 5.41) is 4.95. The van der Waals surface area contributed by atoms with Crippen molar-refractivity contribution in [3.05, 3.63) is 82.3 Å². The van der Waals surface area contributed by atoms with E-state index in [1.54, 1.807) is 29.2 Å². The number of amides is 2. The van der Waals surface area contributed by atoms with Crippen LogP contribution in [0.15, 0.2) is 66.0 Å². The van der Waals surface area contributed by atoms with Crippen LogP contribution >= 0.6 is 11.3 Å². The molecule has 0 aliphatic carbocycles. The third kappa shape index (κ3) is 4.28. The number of para-hydroxylation sites is 2. The van der Waals surface area contributed by atoms with Gasteiger partial charge >= 0.3 is 0 Å². The number of hydrogen-bond donors (Lipinski definition) is 2. The molecule has 0 spiro atoms. The van der Waals surface area contributed by atoms with Crippen molar-refractivity contribution < 1.29 is 18.7 Å². The Kier molecular flexibility index (Phi) is 5.67. The Morgan fingerprint density at radius 3 is 2.63 bits per heavy atom. The zero-order chi connectivity index (χ0) is 21.1. The van der Waals surface area contributed by atoms with Crippen LogP contribution in [0.2, 0.25) is 0 Å². The molecule has 1 aliphatic heterocycles. The smallest absolute Gasteiger partial charge is 0.260 e. The average Bonchev–Trinajstić information content (AvgIpc) is 3.27. The van der Waals surface area contributed by atoms with Crippen molar-refractivity contribution in [1.82, 2.24) is 5.32 Å². The number of carbonyl (C=O) groups excluding carboxylic acids is 2. The zero-order valence-electron chi connectivity index (χ0n) is 16.0. The normalized spacial score (nSPS) is 16.3. The fourth-order valence-corrected chi connectivity index (χ4v) is 4.22. The molecular weight excluding hydrogens is 405 g/mol. The van der Waals surface area contributed by atoms with Crippen molar-refractivity contribution in [2.75, 3.05) is 18.0 Å². The molecule has 154 valence electrons. The highest BCUT2D eigenvalue weighted by Crippen LogP contribution is 2.33. The summed E-state index contributed by atoms with van der Waals surface area (Å²) in [5.41, 5.74) is 6.93. The summed E-state index contributed by atoms with van der Waals surface area (Å²) in [6.07, 6.45) is -0.835. The van der Waals surface area contributed by atoms with E-state index in [0.29, 0.717) is 5.75 Å². The Bertz CT molecular complexity index is 1040. The molecular formula is C22H20FN3O3S. The molecule has 30 heavy (non-hydrogen) atoms. The van der Waals surface area contributed by atoms with Crippen LogP contribution in [-0.2, 0) is 9.59 Å². The molecule has 0 unspecified atom stereocenters. The van der Waals surface area contributed by atoms with E-state index in [0.717, 1.165) is 16.1 Å². The quantitative estimate of drug-likeness (QED) is 0.636. The molecule has 0 fully saturated rings. The second kappa shape index (κ2) is 8.54. The number of nitrogens with two attached hydrogens (primary N) is 1. The number of ether oxygens (including phenoxy) is 1. The maximum Gasteiger partial charge on any atom is 0.260 e. The summed E-state index contributed by atoms with van der Waals surface area (Å²) < 4.78 is 19.0. The second-order valence-electron chi connectivity index (χ2n) is 6.92. The number of hydrogen-bond acceptors (Lipinski definition) is 5. The van der Waals surface area contributed by atoms with Gasteiger partial charge in [-0.3, -0.25) is 9.59 Å². The zero-order valence-corrected chi connectivity index (χ0v) is 16.8. The van der Waals surface area contributed by atoms with E-state index < -0.39 is 18.1 Å². The van der Waals surface area contributed by atoms with Gasteiger partial charge in [0.25, 0.3) is 5.91 Å². The minimum absolute atomic E-state index is 0.0211. The van der Waals surface area contributed by atoms with Crippen molar-refractivity contribution in [3.8, 4) is 5.75 Å². The number of halogens is 1. The highest BCUT2D eigenvalue weighted by atomic mass is 32.1. The maximum absolute atomic E-state index is 13.4. The van der Waals surface area contributed by atoms with Gasteiger partial charge in [0, 0.05) is 4.88 Å². The molecule has 0 saturated carbocycles. The standard InChI is InChI=1S/C22H20FN3O3S/c23-15-9-7-14(8-10-15)21(19-6-3-11-30-19)25-20(27)13-26-12-18(22(24)28)29-17-5-2-1-4-16(17)26/h1-11,18,21H,12-13H2,(H2,24,28)(H,25,27)/t18-,21-/m1/s1. The highest BCUT2D eigenvalue weighted by molar-refractivity contribution is 7.10. The minimum Gasteiger partial charge on any atom is -0.477 e. The number of thiophene rings is 1. The molecule has 3 aromatic rings. The third-order valence-electron chi connectivity index (χ3n) is 4.85. The first-order valence-corrected chi connectivity index (χ1v) is 10.3. The summed E-state index contributed by atoms with van der Waals surface area (Å²) in [7, 11) is 0. The number of primary amides is 1. The van der Waals surface area contributed by atoms with Gasteiger partial charge in [0.05, 0.1) is 24.8 Å². The molecule has 6 nitrogen and oxygen atoms in total. The SMILES string of the molecule is NC(=O)[C@H]1CN(CC(=O)N[C@H](c2ccc(F)cc2)c2cccs2)c2ccccc2O1. The van der Waals surface area contributed by atoms with E-state index in [2.05, 4.69) is 5.32 Å². The number of nitrogens with zero attached hydrogens (tertiary/aromatic N) is 1. The predicted molar refractivity (Wildman–Crippen MR) is 113 cm³/mol. The number of anilines is 1. The predicted octanol–water partition coefficient (Wildman–Crippen LogP) is 2.85. The number of benzene rings is 2. The lowest BCUT2D eigenvalue weighted by Crippen LogP contribution is -2.50. The Hall–Kier alpha value is -3.39. The monoisotopic (exact) mass is 425 g/mol. The van der Waals surface area contributed by atoms with Gasteiger partial charge in [-0.1, -0.05) is 30.3 Å². The van der Waals surface area contributed by atoms with E-state index in [1.165, 1.54) is 23.5 Å². The average molecular weight is 425 g/mol. The lowest BCUT2D eigenvalue weighted by molar-refractivity contribution is -0.125. The Morgan fingerprint density at radius 1 is 1.17 bits per heavy atom. The number of rotatable bonds is 6. The van der Waals surface area contributed by atoms with Crippen LogP contribution in [0.25, 0.3) is 0 Å². The van der Waals surface area contributed by atoms with Crippen molar-refractivity contribution in [2.45, 2.75) is 12.1 Å². The first kappa shape index (κ1) is 19.9. The van der Waals surface area contributed by atoms with Gasteiger partial charge < -0.3 is 20.7 Å². The second-order valence-corrected chi connectivity index (χ2v) is 7.90. The Labute approximate surface area is 177 Å². The molecule has 0 radical (unpaired) electrons. The molecule has 2 heterocycles. The van der Waals surface area contributed by atoms with Crippen LogP contribution in [0.1, 0.15) is 16.5 Å². The first-order valence-electron chi connectivity index (χ1n) is 9.39. The summed E-state index contributed by atoms with van der Waals surface area (Å²) in [5.74, 6) is -0.651. The maximum atomic E-state index is 13.4. The van der Waals surface area contributed by atoms with E-state index in [-0.39, 0.29) is 24.8 Å². The van der Waals surface area contributed by atoms with Gasteiger partial charge in [0.2, 0.25) is 5.91 Å². The van der Waals surface area contributed by atoms with Crippen LogP contribution in [-0.4, -0.2) is 31.0 Å². The first-order chi connectivity index (χ1) is 14.5. The number of fused-ring (bicyclic) bond motifs is 1. The molecule has 2 amide bonds. The van der Waals surface area contributed by atoms with Crippen LogP contribution in [0.5, 0.6) is 5.75 Å². The van der Waals surface area contributed by atoms with E-state index >= 15 is 0 Å². The van der Waals surface area contributed by atoms with Crippen molar-refractivity contribution in [2.24, 2.45) is 5.73 Å². The van der Waals surface area contributed by atoms with Gasteiger partial charge in [0.1, 0.15) is 11.6 Å². The molecule has 1 aromatic heterocycles. The van der Waals surface area contributed by atoms with Crippen LogP contribution < -0.4 is 20.7 Å². The molecule has 4 rings (SSSR count). The van der Waals surface area contributed by atoms with Crippen LogP contribution in [0.3, 0.4) is 0 Å². The summed E-state index contributed by atoms with van der Waals surface area (Å²) in [6.45, 7) is 0.202. The Morgan fingerprint density at radius 2 is 1.93 bits per heavy atom. The summed E-state index contributed by atoms with van der Waals surface area (Å²) in [6, 6.07) is 16.7. The topological polar surface area (TPSA) is 84.7 Å². The number of carbonyl (C=O) groups is 2. The lowest BCUT2D eigenvalue weighted by atomic mass is 10.1. The third-order valence-corrected chi connectivity index (χ3v) is 5.79. The van der Waals surface area contributed by atoms with Gasteiger partial charge in [-0.25, -0.2) is 4.39 Å². The van der Waals surface area contributed by atoms with Crippen molar-refractivity contribution >= 4 is 28.8 Å². The van der Waals surface area contributed by atoms with Crippen molar-refractivity contribution in [3.63, 3.8) is 0 Å². The fourth-order valence-electron chi connectivity index (χ4n) is 3.41. The van der Waals surface area contributed by atoms with Gasteiger partial charge in [-0.05, 0) is 41.3 Å². The Balaban J connectivity index is 1.55. The number of nitrogens with one attached hydrogen (secondary N) is 1. The van der Waals surface area contributed by atoms with Gasteiger partial charge in [-0.15, -0.1) is 11.3 Å². The molecule has 0 bridgehead atoms. The molecule has 1 aliphatic rings. The molecule has 0 saturated heterocycles. The minimum atomic E-state index is -0.835. The molecule has 8 heteroatoms. The van der Waals surface area contributed by atoms with Crippen LogP contribution in [0, 0.1) is 5.82 Å². The summed E-state index contributed by atoms with van der Waals surface area (Å²) >= 11 is 1.51. The largest absolute Gasteiger partial charge is 0.477 e. The van der Waals surface area contributed by atoms with E-state index in [9.17, 15) is 14.0 Å². The van der Waals surface area contributed by atoms with Crippen LogP contribution in [0.4, 0.5) is 10.1 Å². The molecule has 2 aromatic carbocycles. The van der Waals surface area contributed by atoms with Gasteiger partial charge in [0.15, 0.2) is 6.10 Å². The lowest BCUT2D eigenvalue weighted by Gasteiger charge is -2.34. The van der Waals surface area contributed by atoms with Gasteiger partial charge in [-0.2, -0.15) is 0 Å². The summed E-state index contributed by atoms with van der Waals surface area (Å²) in [4.78, 5) is 27.4. The van der Waals surface area contributed by atoms with E-state index in [4.69, 9.17) is 10.5 Å². The molecule has 2 atom stereocenters. The highest BCUT2D eigenvalue weighted by Gasteiger charge is 2.30.